The molecule has 1 amide bonds. The van der Waals surface area contributed by atoms with E-state index >= 15 is 0 Å². The van der Waals surface area contributed by atoms with Crippen LogP contribution in [0.3, 0.4) is 0 Å². The molecule has 0 saturated heterocycles. The topological polar surface area (TPSA) is 110 Å². The second kappa shape index (κ2) is 11.5. The number of carbonyl (C=O) groups excluding carboxylic acids is 1. The van der Waals surface area contributed by atoms with Crippen LogP contribution in [0.5, 0.6) is 0 Å². The molecule has 3 atom stereocenters. The van der Waals surface area contributed by atoms with Crippen LogP contribution in [0.25, 0.3) is 0 Å². The van der Waals surface area contributed by atoms with Gasteiger partial charge in [0.15, 0.2) is 0 Å². The van der Waals surface area contributed by atoms with E-state index in [2.05, 4.69) is 5.32 Å². The fraction of sp³-hybridized carbons (Fsp3) is 0.188. The molecule has 2 heterocycles. The van der Waals surface area contributed by atoms with Crippen molar-refractivity contribution in [3.8, 4) is 0 Å². The summed E-state index contributed by atoms with van der Waals surface area (Å²) in [6.07, 6.45) is 0. The lowest BCUT2D eigenvalue weighted by atomic mass is 9.96. The van der Waals surface area contributed by atoms with Gasteiger partial charge in [-0.1, -0.05) is 97.1 Å². The highest BCUT2D eigenvalue weighted by Gasteiger charge is 2.41. The zero-order valence-corrected chi connectivity index (χ0v) is 21.2. The SMILES string of the molecule is O=C(O)C1Nc2ccccc2C1CO.O=C1C(CO)c2ccccc2N1C(c1ccccc1)c1ccccc1. The lowest BCUT2D eigenvalue weighted by Crippen LogP contribution is -2.34. The summed E-state index contributed by atoms with van der Waals surface area (Å²) in [6, 6.07) is 34.2. The molecule has 2 aliphatic heterocycles. The van der Waals surface area contributed by atoms with E-state index in [4.69, 9.17) is 10.2 Å². The molecule has 3 unspecified atom stereocenters. The summed E-state index contributed by atoms with van der Waals surface area (Å²) in [4.78, 5) is 25.8. The van der Waals surface area contributed by atoms with E-state index < -0.39 is 17.9 Å². The summed E-state index contributed by atoms with van der Waals surface area (Å²) in [5, 5.41) is 30.7. The number of hydrogen-bond acceptors (Lipinski definition) is 5. The molecule has 39 heavy (non-hydrogen) atoms. The predicted molar refractivity (Wildman–Crippen MR) is 150 cm³/mol. The number of aliphatic hydroxyl groups excluding tert-OH is 2. The van der Waals surface area contributed by atoms with Crippen molar-refractivity contribution in [2.75, 3.05) is 23.4 Å². The van der Waals surface area contributed by atoms with Crippen LogP contribution in [-0.2, 0) is 9.59 Å². The van der Waals surface area contributed by atoms with E-state index in [-0.39, 0.29) is 31.1 Å². The summed E-state index contributed by atoms with van der Waals surface area (Å²) in [7, 11) is 0. The first kappa shape index (κ1) is 26.2. The molecular weight excluding hydrogens is 492 g/mol. The smallest absolute Gasteiger partial charge is 0.326 e. The first-order chi connectivity index (χ1) is 19.0. The van der Waals surface area contributed by atoms with Gasteiger partial charge in [-0.15, -0.1) is 0 Å². The zero-order chi connectivity index (χ0) is 27.4. The largest absolute Gasteiger partial charge is 0.480 e. The number of amides is 1. The van der Waals surface area contributed by atoms with E-state index in [1.165, 1.54) is 0 Å². The molecule has 7 heteroatoms. The number of benzene rings is 4. The van der Waals surface area contributed by atoms with Gasteiger partial charge < -0.3 is 20.6 Å². The van der Waals surface area contributed by atoms with Crippen LogP contribution in [0.15, 0.2) is 109 Å². The van der Waals surface area contributed by atoms with Gasteiger partial charge in [0.1, 0.15) is 6.04 Å². The molecule has 0 saturated carbocycles. The van der Waals surface area contributed by atoms with Crippen LogP contribution in [0.1, 0.15) is 40.1 Å². The minimum atomic E-state index is -0.930. The van der Waals surface area contributed by atoms with Crippen molar-refractivity contribution in [3.05, 3.63) is 131 Å². The molecule has 4 aromatic rings. The Balaban J connectivity index is 0.000000186. The Hall–Kier alpha value is -4.46. The van der Waals surface area contributed by atoms with E-state index in [0.717, 1.165) is 33.6 Å². The van der Waals surface area contributed by atoms with Crippen molar-refractivity contribution in [1.82, 2.24) is 0 Å². The van der Waals surface area contributed by atoms with Gasteiger partial charge in [-0.05, 0) is 34.4 Å². The average molecular weight is 523 g/mol. The Bertz CT molecular complexity index is 1400. The third-order valence-corrected chi connectivity index (χ3v) is 7.32. The summed E-state index contributed by atoms with van der Waals surface area (Å²) < 4.78 is 0. The van der Waals surface area contributed by atoms with Gasteiger partial charge in [-0.3, -0.25) is 9.69 Å². The van der Waals surface area contributed by atoms with Crippen molar-refractivity contribution in [2.45, 2.75) is 23.9 Å². The molecular formula is C32H30N2O5. The van der Waals surface area contributed by atoms with Crippen LogP contribution in [0.2, 0.25) is 0 Å². The minimum absolute atomic E-state index is 0.0543. The van der Waals surface area contributed by atoms with Gasteiger partial charge in [0.2, 0.25) is 5.91 Å². The van der Waals surface area contributed by atoms with E-state index in [1.54, 1.807) is 0 Å². The van der Waals surface area contributed by atoms with Gasteiger partial charge in [0.25, 0.3) is 0 Å². The predicted octanol–water partition coefficient (Wildman–Crippen LogP) is 4.54. The highest BCUT2D eigenvalue weighted by atomic mass is 16.4. The third kappa shape index (κ3) is 5.02. The Kier molecular flexibility index (Phi) is 7.72. The van der Waals surface area contributed by atoms with Crippen LogP contribution in [0, 0.1) is 0 Å². The van der Waals surface area contributed by atoms with Gasteiger partial charge >= 0.3 is 5.97 Å². The molecule has 0 aromatic heterocycles. The number of rotatable bonds is 6. The van der Waals surface area contributed by atoms with E-state index in [1.807, 2.05) is 114 Å². The molecule has 0 fully saturated rings. The van der Waals surface area contributed by atoms with E-state index in [0.29, 0.717) is 0 Å². The molecule has 2 aliphatic rings. The maximum Gasteiger partial charge on any atom is 0.326 e. The molecule has 198 valence electrons. The van der Waals surface area contributed by atoms with Crippen LogP contribution < -0.4 is 10.2 Å². The summed E-state index contributed by atoms with van der Waals surface area (Å²) in [5.74, 6) is -1.82. The van der Waals surface area contributed by atoms with Crippen molar-refractivity contribution < 1.29 is 24.9 Å². The number of hydrogen-bond donors (Lipinski definition) is 4. The minimum Gasteiger partial charge on any atom is -0.480 e. The number of aliphatic carboxylic acids is 1. The van der Waals surface area contributed by atoms with Crippen LogP contribution in [0.4, 0.5) is 11.4 Å². The molecule has 0 aliphatic carbocycles. The number of fused-ring (bicyclic) bond motifs is 2. The maximum atomic E-state index is 13.1. The number of anilines is 2. The first-order valence-corrected chi connectivity index (χ1v) is 12.9. The fourth-order valence-electron chi connectivity index (χ4n) is 5.46. The maximum absolute atomic E-state index is 13.1. The average Bonchev–Trinajstić information content (AvgIpc) is 3.50. The summed E-state index contributed by atoms with van der Waals surface area (Å²) in [6.45, 7) is -0.330. The monoisotopic (exact) mass is 522 g/mol. The zero-order valence-electron chi connectivity index (χ0n) is 21.2. The van der Waals surface area contributed by atoms with Crippen LogP contribution >= 0.6 is 0 Å². The van der Waals surface area contributed by atoms with Crippen molar-refractivity contribution >= 4 is 23.3 Å². The lowest BCUT2D eigenvalue weighted by molar-refractivity contribution is -0.138. The summed E-state index contributed by atoms with van der Waals surface area (Å²) >= 11 is 0. The van der Waals surface area contributed by atoms with E-state index in [9.17, 15) is 14.7 Å². The number of nitrogens with one attached hydrogen (secondary N) is 1. The van der Waals surface area contributed by atoms with Crippen LogP contribution in [-0.4, -0.2) is 46.5 Å². The second-order valence-electron chi connectivity index (χ2n) is 9.56. The molecule has 0 bridgehead atoms. The summed E-state index contributed by atoms with van der Waals surface area (Å²) in [5.41, 5.74) is 5.56. The molecule has 4 aromatic carbocycles. The second-order valence-corrected chi connectivity index (χ2v) is 9.56. The Morgan fingerprint density at radius 1 is 0.744 bits per heavy atom. The quantitative estimate of drug-likeness (QED) is 0.296. The highest BCUT2D eigenvalue weighted by molar-refractivity contribution is 6.06. The lowest BCUT2D eigenvalue weighted by Gasteiger charge is -2.30. The first-order valence-electron chi connectivity index (χ1n) is 12.9. The van der Waals surface area contributed by atoms with Crippen molar-refractivity contribution in [1.29, 1.82) is 0 Å². The molecule has 0 spiro atoms. The number of carbonyl (C=O) groups is 2. The highest BCUT2D eigenvalue weighted by Crippen LogP contribution is 2.44. The van der Waals surface area contributed by atoms with Gasteiger partial charge in [0, 0.05) is 17.3 Å². The standard InChI is InChI=1S/C22H19NO2.C10H11NO3/c24-15-19-18-13-7-8-14-20(18)23(22(19)25)21(16-9-3-1-4-10-16)17-11-5-2-6-12-17;12-5-7-6-3-1-2-4-8(6)11-9(7)10(13)14/h1-14,19,21,24H,15H2;1-4,7,9,11-12H,5H2,(H,13,14). The Labute approximate surface area is 227 Å². The number of aliphatic hydroxyl groups is 2. The molecule has 0 radical (unpaired) electrons. The Morgan fingerprint density at radius 2 is 1.28 bits per heavy atom. The van der Waals surface area contributed by atoms with Gasteiger partial charge in [0.05, 0.1) is 25.2 Å². The van der Waals surface area contributed by atoms with Gasteiger partial charge in [-0.25, -0.2) is 4.79 Å². The molecule has 6 rings (SSSR count). The van der Waals surface area contributed by atoms with Crippen molar-refractivity contribution in [2.24, 2.45) is 0 Å². The number of carboxylic acids is 1. The fourth-order valence-corrected chi connectivity index (χ4v) is 5.46. The number of nitrogens with zero attached hydrogens (tertiary/aromatic N) is 1. The third-order valence-electron chi connectivity index (χ3n) is 7.32. The normalized spacial score (nSPS) is 19.1. The number of carboxylic acid groups (broad SMARTS) is 1. The Morgan fingerprint density at radius 3 is 1.85 bits per heavy atom. The van der Waals surface area contributed by atoms with Crippen molar-refractivity contribution in [3.63, 3.8) is 0 Å². The van der Waals surface area contributed by atoms with Gasteiger partial charge in [-0.2, -0.15) is 0 Å². The molecule has 4 N–H and O–H groups in total. The number of para-hydroxylation sites is 2. The molecule has 7 nitrogen and oxygen atoms in total.